The van der Waals surface area contributed by atoms with E-state index in [1.807, 2.05) is 41.0 Å². The SMILES string of the molecule is COc1cccc(CN2CCC(n3c(=O)[nH]c4ccccc43)CC2)c1. The van der Waals surface area contributed by atoms with Crippen LogP contribution in [-0.4, -0.2) is 34.7 Å². The Morgan fingerprint density at radius 3 is 2.72 bits per heavy atom. The topological polar surface area (TPSA) is 50.3 Å². The number of benzene rings is 2. The number of para-hydroxylation sites is 2. The first-order valence-corrected chi connectivity index (χ1v) is 8.79. The molecule has 0 amide bonds. The third-order valence-corrected chi connectivity index (χ3v) is 5.09. The lowest BCUT2D eigenvalue weighted by Gasteiger charge is -2.32. The lowest BCUT2D eigenvalue weighted by Crippen LogP contribution is -2.36. The Morgan fingerprint density at radius 1 is 1.12 bits per heavy atom. The van der Waals surface area contributed by atoms with Gasteiger partial charge in [0.05, 0.1) is 18.1 Å². The highest BCUT2D eigenvalue weighted by molar-refractivity contribution is 5.75. The van der Waals surface area contributed by atoms with Crippen molar-refractivity contribution in [1.82, 2.24) is 14.5 Å². The molecule has 1 N–H and O–H groups in total. The van der Waals surface area contributed by atoms with E-state index in [-0.39, 0.29) is 11.7 Å². The van der Waals surface area contributed by atoms with Gasteiger partial charge in [0.1, 0.15) is 5.75 Å². The minimum atomic E-state index is 0.00689. The smallest absolute Gasteiger partial charge is 0.326 e. The molecule has 1 aliphatic heterocycles. The number of rotatable bonds is 4. The second-order valence-electron chi connectivity index (χ2n) is 6.68. The third kappa shape index (κ3) is 3.20. The fourth-order valence-electron chi connectivity index (χ4n) is 3.80. The van der Waals surface area contributed by atoms with Gasteiger partial charge in [-0.3, -0.25) is 9.47 Å². The maximum absolute atomic E-state index is 12.4. The molecule has 1 aromatic heterocycles. The normalized spacial score (nSPS) is 16.4. The summed E-state index contributed by atoms with van der Waals surface area (Å²) in [5, 5.41) is 0. The van der Waals surface area contributed by atoms with Gasteiger partial charge in [0.25, 0.3) is 0 Å². The van der Waals surface area contributed by atoms with Crippen LogP contribution in [0.25, 0.3) is 11.0 Å². The molecule has 0 atom stereocenters. The van der Waals surface area contributed by atoms with E-state index in [1.54, 1.807) is 7.11 Å². The van der Waals surface area contributed by atoms with Crippen molar-refractivity contribution in [3.63, 3.8) is 0 Å². The molecule has 1 saturated heterocycles. The zero-order chi connectivity index (χ0) is 17.2. The van der Waals surface area contributed by atoms with Crippen LogP contribution >= 0.6 is 0 Å². The molecule has 130 valence electrons. The van der Waals surface area contributed by atoms with Gasteiger partial charge in [-0.1, -0.05) is 24.3 Å². The number of H-pyrrole nitrogens is 1. The van der Waals surface area contributed by atoms with Gasteiger partial charge in [-0.25, -0.2) is 4.79 Å². The maximum atomic E-state index is 12.4. The molecule has 0 spiro atoms. The summed E-state index contributed by atoms with van der Waals surface area (Å²) < 4.78 is 7.25. The van der Waals surface area contributed by atoms with Crippen molar-refractivity contribution in [3.05, 3.63) is 64.6 Å². The summed E-state index contributed by atoms with van der Waals surface area (Å²) in [6.07, 6.45) is 1.98. The van der Waals surface area contributed by atoms with Gasteiger partial charge in [0.2, 0.25) is 0 Å². The Bertz CT molecular complexity index is 920. The summed E-state index contributed by atoms with van der Waals surface area (Å²) in [7, 11) is 1.70. The zero-order valence-corrected chi connectivity index (χ0v) is 14.4. The summed E-state index contributed by atoms with van der Waals surface area (Å²) in [4.78, 5) is 17.8. The Kier molecular flexibility index (Phi) is 4.32. The maximum Gasteiger partial charge on any atom is 0.326 e. The Labute approximate surface area is 146 Å². The quantitative estimate of drug-likeness (QED) is 0.795. The zero-order valence-electron chi connectivity index (χ0n) is 14.4. The van der Waals surface area contributed by atoms with E-state index in [0.717, 1.165) is 49.3 Å². The van der Waals surface area contributed by atoms with E-state index >= 15 is 0 Å². The van der Waals surface area contributed by atoms with Crippen LogP contribution in [0.4, 0.5) is 0 Å². The van der Waals surface area contributed by atoms with E-state index in [2.05, 4.69) is 22.0 Å². The first-order chi connectivity index (χ1) is 12.2. The van der Waals surface area contributed by atoms with Gasteiger partial charge in [-0.2, -0.15) is 0 Å². The van der Waals surface area contributed by atoms with Gasteiger partial charge in [-0.05, 0) is 42.7 Å². The Balaban J connectivity index is 1.46. The number of likely N-dealkylation sites (tertiary alicyclic amines) is 1. The average Bonchev–Trinajstić information content (AvgIpc) is 2.98. The first-order valence-electron chi connectivity index (χ1n) is 8.79. The molecule has 3 aromatic rings. The van der Waals surface area contributed by atoms with Crippen molar-refractivity contribution < 1.29 is 4.74 Å². The minimum absolute atomic E-state index is 0.00689. The monoisotopic (exact) mass is 337 g/mol. The van der Waals surface area contributed by atoms with Gasteiger partial charge in [0.15, 0.2) is 0 Å². The molecule has 0 unspecified atom stereocenters. The highest BCUT2D eigenvalue weighted by Crippen LogP contribution is 2.26. The van der Waals surface area contributed by atoms with Crippen LogP contribution in [0.15, 0.2) is 53.3 Å². The minimum Gasteiger partial charge on any atom is -0.497 e. The van der Waals surface area contributed by atoms with Crippen molar-refractivity contribution in [3.8, 4) is 5.75 Å². The lowest BCUT2D eigenvalue weighted by atomic mass is 10.0. The molecule has 1 fully saturated rings. The summed E-state index contributed by atoms with van der Waals surface area (Å²) in [5.41, 5.74) is 3.21. The number of piperidine rings is 1. The largest absolute Gasteiger partial charge is 0.497 e. The first kappa shape index (κ1) is 16.0. The van der Waals surface area contributed by atoms with E-state index in [9.17, 15) is 4.79 Å². The molecule has 5 nitrogen and oxygen atoms in total. The number of imidazole rings is 1. The fourth-order valence-corrected chi connectivity index (χ4v) is 3.80. The second-order valence-corrected chi connectivity index (χ2v) is 6.68. The number of aromatic amines is 1. The molecular formula is C20H23N3O2. The van der Waals surface area contributed by atoms with Gasteiger partial charge < -0.3 is 9.72 Å². The average molecular weight is 337 g/mol. The summed E-state index contributed by atoms with van der Waals surface area (Å²) in [5.74, 6) is 0.901. The fraction of sp³-hybridized carbons (Fsp3) is 0.350. The van der Waals surface area contributed by atoms with Crippen LogP contribution in [0.5, 0.6) is 5.75 Å². The van der Waals surface area contributed by atoms with Crippen LogP contribution in [0.2, 0.25) is 0 Å². The molecule has 4 rings (SSSR count). The summed E-state index contributed by atoms with van der Waals surface area (Å²) in [6, 6.07) is 16.4. The van der Waals surface area contributed by atoms with Crippen molar-refractivity contribution in [2.24, 2.45) is 0 Å². The van der Waals surface area contributed by atoms with E-state index in [1.165, 1.54) is 5.56 Å². The van der Waals surface area contributed by atoms with Crippen molar-refractivity contribution in [2.45, 2.75) is 25.4 Å². The molecule has 2 heterocycles. The molecule has 25 heavy (non-hydrogen) atoms. The molecular weight excluding hydrogens is 314 g/mol. The second kappa shape index (κ2) is 6.76. The number of nitrogens with one attached hydrogen (secondary N) is 1. The van der Waals surface area contributed by atoms with Gasteiger partial charge in [-0.15, -0.1) is 0 Å². The number of fused-ring (bicyclic) bond motifs is 1. The number of ether oxygens (including phenoxy) is 1. The van der Waals surface area contributed by atoms with E-state index in [0.29, 0.717) is 0 Å². The Morgan fingerprint density at radius 2 is 1.92 bits per heavy atom. The number of methoxy groups -OCH3 is 1. The van der Waals surface area contributed by atoms with E-state index < -0.39 is 0 Å². The molecule has 0 radical (unpaired) electrons. The van der Waals surface area contributed by atoms with Crippen LogP contribution in [0, 0.1) is 0 Å². The third-order valence-electron chi connectivity index (χ3n) is 5.09. The van der Waals surface area contributed by atoms with Crippen LogP contribution < -0.4 is 10.4 Å². The molecule has 2 aromatic carbocycles. The highest BCUT2D eigenvalue weighted by Gasteiger charge is 2.23. The Hall–Kier alpha value is -2.53. The van der Waals surface area contributed by atoms with Crippen LogP contribution in [0.3, 0.4) is 0 Å². The molecule has 0 bridgehead atoms. The van der Waals surface area contributed by atoms with Crippen molar-refractivity contribution in [1.29, 1.82) is 0 Å². The van der Waals surface area contributed by atoms with Crippen molar-refractivity contribution in [2.75, 3.05) is 20.2 Å². The molecule has 0 aliphatic carbocycles. The molecule has 1 aliphatic rings. The van der Waals surface area contributed by atoms with Crippen LogP contribution in [-0.2, 0) is 6.54 Å². The van der Waals surface area contributed by atoms with Crippen molar-refractivity contribution >= 4 is 11.0 Å². The van der Waals surface area contributed by atoms with Crippen LogP contribution in [0.1, 0.15) is 24.4 Å². The number of hydrogen-bond acceptors (Lipinski definition) is 3. The number of nitrogens with zero attached hydrogens (tertiary/aromatic N) is 2. The predicted molar refractivity (Wildman–Crippen MR) is 99.1 cm³/mol. The lowest BCUT2D eigenvalue weighted by molar-refractivity contribution is 0.180. The highest BCUT2D eigenvalue weighted by atomic mass is 16.5. The number of hydrogen-bond donors (Lipinski definition) is 1. The summed E-state index contributed by atoms with van der Waals surface area (Å²) >= 11 is 0. The number of aromatic nitrogens is 2. The summed E-state index contributed by atoms with van der Waals surface area (Å²) in [6.45, 7) is 2.91. The predicted octanol–water partition coefficient (Wildman–Crippen LogP) is 3.18. The molecule has 0 saturated carbocycles. The van der Waals surface area contributed by atoms with Gasteiger partial charge in [0, 0.05) is 25.7 Å². The van der Waals surface area contributed by atoms with E-state index in [4.69, 9.17) is 4.74 Å². The standard InChI is InChI=1S/C20H23N3O2/c1-25-17-6-4-5-15(13-17)14-22-11-9-16(10-12-22)23-19-8-3-2-7-18(19)21-20(23)24/h2-8,13,16H,9-12,14H2,1H3,(H,21,24). The molecule has 5 heteroatoms. The van der Waals surface area contributed by atoms with Gasteiger partial charge >= 0.3 is 5.69 Å².